The minimum atomic E-state index is -0.876. The van der Waals surface area contributed by atoms with Crippen LogP contribution in [0, 0.1) is 0 Å². The summed E-state index contributed by atoms with van der Waals surface area (Å²) in [4.78, 5) is 16.4. The number of aromatic nitrogens is 1. The molecule has 1 N–H and O–H groups in total. The van der Waals surface area contributed by atoms with E-state index in [1.165, 1.54) is 34.9 Å². The summed E-state index contributed by atoms with van der Waals surface area (Å²) in [7, 11) is 0. The highest BCUT2D eigenvalue weighted by molar-refractivity contribution is 7.99. The number of thiazole rings is 1. The Labute approximate surface area is 117 Å². The molecule has 6 heteroatoms. The van der Waals surface area contributed by atoms with Gasteiger partial charge in [-0.1, -0.05) is 0 Å². The largest absolute Gasteiger partial charge is 0.478 e. The van der Waals surface area contributed by atoms with Crippen molar-refractivity contribution in [3.8, 4) is 10.6 Å². The van der Waals surface area contributed by atoms with Crippen molar-refractivity contribution in [2.45, 2.75) is 18.1 Å². The summed E-state index contributed by atoms with van der Waals surface area (Å²) >= 11 is 5.10. The van der Waals surface area contributed by atoms with E-state index in [1.54, 1.807) is 22.8 Å². The summed E-state index contributed by atoms with van der Waals surface area (Å²) < 4.78 is 0. The second-order valence-corrected chi connectivity index (χ2v) is 7.19. The highest BCUT2D eigenvalue weighted by Gasteiger charge is 2.21. The molecule has 2 aromatic heterocycles. The van der Waals surface area contributed by atoms with Gasteiger partial charge in [-0.15, -0.1) is 22.7 Å². The second-order valence-electron chi connectivity index (χ2n) is 4.08. The normalized spacial score (nSPS) is 19.2. The van der Waals surface area contributed by atoms with E-state index < -0.39 is 5.97 Å². The molecule has 3 nitrogen and oxygen atoms in total. The van der Waals surface area contributed by atoms with Crippen molar-refractivity contribution in [3.63, 3.8) is 0 Å². The molecular formula is C12H11NO2S3. The average molecular weight is 297 g/mol. The standard InChI is InChI=1S/C12H11NO2S3/c14-12(15)7-4-10(17-5-7)8-6-18-11(13-8)9-2-1-3-16-9/h4-6,9H,1-3H2,(H,14,15). The molecule has 1 fully saturated rings. The van der Waals surface area contributed by atoms with Gasteiger partial charge in [-0.3, -0.25) is 0 Å². The quantitative estimate of drug-likeness (QED) is 0.925. The zero-order valence-corrected chi connectivity index (χ0v) is 11.9. The lowest BCUT2D eigenvalue weighted by atomic mass is 10.2. The zero-order valence-electron chi connectivity index (χ0n) is 9.46. The van der Waals surface area contributed by atoms with Crippen molar-refractivity contribution in [3.05, 3.63) is 27.4 Å². The lowest BCUT2D eigenvalue weighted by molar-refractivity contribution is 0.0697. The number of thioether (sulfide) groups is 1. The number of hydrogen-bond acceptors (Lipinski definition) is 5. The minimum Gasteiger partial charge on any atom is -0.478 e. The van der Waals surface area contributed by atoms with Crippen molar-refractivity contribution in [1.82, 2.24) is 4.98 Å². The minimum absolute atomic E-state index is 0.347. The van der Waals surface area contributed by atoms with Crippen molar-refractivity contribution in [1.29, 1.82) is 0 Å². The van der Waals surface area contributed by atoms with Crippen LogP contribution in [0.1, 0.15) is 33.5 Å². The third-order valence-electron chi connectivity index (χ3n) is 2.83. The van der Waals surface area contributed by atoms with E-state index >= 15 is 0 Å². The molecule has 0 saturated carbocycles. The highest BCUT2D eigenvalue weighted by Crippen LogP contribution is 2.42. The zero-order chi connectivity index (χ0) is 12.5. The molecule has 3 heterocycles. The summed E-state index contributed by atoms with van der Waals surface area (Å²) in [6, 6.07) is 1.70. The molecule has 0 radical (unpaired) electrons. The number of carbonyl (C=O) groups is 1. The van der Waals surface area contributed by atoms with E-state index in [4.69, 9.17) is 5.11 Å². The predicted molar refractivity (Wildman–Crippen MR) is 76.8 cm³/mol. The van der Waals surface area contributed by atoms with E-state index in [0.29, 0.717) is 10.8 Å². The van der Waals surface area contributed by atoms with E-state index in [9.17, 15) is 4.79 Å². The van der Waals surface area contributed by atoms with Gasteiger partial charge in [0.1, 0.15) is 5.01 Å². The summed E-state index contributed by atoms with van der Waals surface area (Å²) in [5.74, 6) is 0.348. The number of thiophene rings is 1. The van der Waals surface area contributed by atoms with Gasteiger partial charge < -0.3 is 5.11 Å². The number of hydrogen-bond donors (Lipinski definition) is 1. The monoisotopic (exact) mass is 297 g/mol. The van der Waals surface area contributed by atoms with Crippen LogP contribution in [0.15, 0.2) is 16.8 Å². The molecule has 0 aromatic carbocycles. The van der Waals surface area contributed by atoms with Crippen LogP contribution >= 0.6 is 34.4 Å². The molecule has 1 aliphatic rings. The fourth-order valence-corrected chi connectivity index (χ4v) is 5.17. The Balaban J connectivity index is 1.85. The third kappa shape index (κ3) is 2.32. The van der Waals surface area contributed by atoms with Gasteiger partial charge in [-0.05, 0) is 24.7 Å². The van der Waals surface area contributed by atoms with Gasteiger partial charge in [0.2, 0.25) is 0 Å². The molecule has 1 unspecified atom stereocenters. The summed E-state index contributed by atoms with van der Waals surface area (Å²) in [5, 5.41) is 14.3. The first kappa shape index (κ1) is 12.2. The van der Waals surface area contributed by atoms with Gasteiger partial charge in [0, 0.05) is 10.8 Å². The molecule has 18 heavy (non-hydrogen) atoms. The van der Waals surface area contributed by atoms with Gasteiger partial charge in [0.15, 0.2) is 0 Å². The van der Waals surface area contributed by atoms with E-state index in [1.807, 2.05) is 17.1 Å². The summed E-state index contributed by atoms with van der Waals surface area (Å²) in [6.45, 7) is 0. The smallest absolute Gasteiger partial charge is 0.336 e. The molecule has 1 saturated heterocycles. The van der Waals surface area contributed by atoms with Gasteiger partial charge in [-0.2, -0.15) is 11.8 Å². The van der Waals surface area contributed by atoms with Crippen LogP contribution < -0.4 is 0 Å². The molecule has 0 amide bonds. The predicted octanol–water partition coefficient (Wildman–Crippen LogP) is 4.14. The summed E-state index contributed by atoms with van der Waals surface area (Å²) in [6.07, 6.45) is 2.48. The number of nitrogens with zero attached hydrogens (tertiary/aromatic N) is 1. The second kappa shape index (κ2) is 5.03. The van der Waals surface area contributed by atoms with Gasteiger partial charge >= 0.3 is 5.97 Å². The number of aromatic carboxylic acids is 1. The number of rotatable bonds is 3. The van der Waals surface area contributed by atoms with Crippen molar-refractivity contribution < 1.29 is 9.90 Å². The Morgan fingerprint density at radius 1 is 1.39 bits per heavy atom. The Bertz CT molecular complexity index is 569. The maximum atomic E-state index is 10.8. The van der Waals surface area contributed by atoms with Crippen LogP contribution in [0.25, 0.3) is 10.6 Å². The number of carboxylic acids is 1. The summed E-state index contributed by atoms with van der Waals surface area (Å²) in [5.41, 5.74) is 1.26. The highest BCUT2D eigenvalue weighted by atomic mass is 32.2. The fourth-order valence-electron chi connectivity index (χ4n) is 1.90. The maximum Gasteiger partial charge on any atom is 0.336 e. The van der Waals surface area contributed by atoms with E-state index in [2.05, 4.69) is 4.98 Å². The molecule has 3 rings (SSSR count). The van der Waals surface area contributed by atoms with Gasteiger partial charge in [0.25, 0.3) is 0 Å². The lowest BCUT2D eigenvalue weighted by Crippen LogP contribution is -1.91. The molecule has 0 bridgehead atoms. The molecule has 0 aliphatic carbocycles. The average Bonchev–Trinajstić information content (AvgIpc) is 3.10. The van der Waals surface area contributed by atoms with Crippen LogP contribution in [0.2, 0.25) is 0 Å². The van der Waals surface area contributed by atoms with E-state index in [0.717, 1.165) is 10.6 Å². The van der Waals surface area contributed by atoms with Crippen molar-refractivity contribution in [2.75, 3.05) is 5.75 Å². The molecule has 94 valence electrons. The maximum absolute atomic E-state index is 10.8. The SMILES string of the molecule is O=C(O)c1csc(-c2csc(C3CCCS3)n2)c1. The van der Waals surface area contributed by atoms with Crippen LogP contribution in [-0.2, 0) is 0 Å². The lowest BCUT2D eigenvalue weighted by Gasteiger charge is -2.01. The molecular weight excluding hydrogens is 286 g/mol. The van der Waals surface area contributed by atoms with Crippen LogP contribution in [0.4, 0.5) is 0 Å². The third-order valence-corrected chi connectivity index (χ3v) is 6.27. The topological polar surface area (TPSA) is 50.2 Å². The van der Waals surface area contributed by atoms with E-state index in [-0.39, 0.29) is 0 Å². The first-order valence-electron chi connectivity index (χ1n) is 5.63. The molecule has 2 aromatic rings. The molecule has 0 spiro atoms. The molecule has 1 atom stereocenters. The Hall–Kier alpha value is -0.850. The van der Waals surface area contributed by atoms with Crippen molar-refractivity contribution in [2.24, 2.45) is 0 Å². The Morgan fingerprint density at radius 2 is 2.28 bits per heavy atom. The van der Waals surface area contributed by atoms with Crippen LogP contribution in [0.5, 0.6) is 0 Å². The van der Waals surface area contributed by atoms with Crippen LogP contribution in [0.3, 0.4) is 0 Å². The van der Waals surface area contributed by atoms with Gasteiger partial charge in [0.05, 0.1) is 21.4 Å². The van der Waals surface area contributed by atoms with Crippen molar-refractivity contribution >= 4 is 40.4 Å². The Kier molecular flexibility index (Phi) is 3.41. The fraction of sp³-hybridized carbons (Fsp3) is 0.333. The number of carboxylic acid groups (broad SMARTS) is 1. The first-order valence-corrected chi connectivity index (χ1v) is 8.44. The first-order chi connectivity index (χ1) is 8.74. The Morgan fingerprint density at radius 3 is 2.94 bits per heavy atom. The van der Waals surface area contributed by atoms with Crippen LogP contribution in [-0.4, -0.2) is 21.8 Å². The van der Waals surface area contributed by atoms with Gasteiger partial charge in [-0.25, -0.2) is 9.78 Å². The molecule has 1 aliphatic heterocycles.